The molecule has 0 bridgehead atoms. The van der Waals surface area contributed by atoms with Crippen LogP contribution in [0.25, 0.3) is 89.0 Å². The zero-order chi connectivity index (χ0) is 54.0. The van der Waals surface area contributed by atoms with Gasteiger partial charge in [-0.1, -0.05) is 156 Å². The number of benzene rings is 8. The van der Waals surface area contributed by atoms with Crippen molar-refractivity contribution in [3.05, 3.63) is 251 Å². The Labute approximate surface area is 463 Å². The van der Waals surface area contributed by atoms with Crippen molar-refractivity contribution in [3.8, 4) is 89.0 Å². The van der Waals surface area contributed by atoms with Crippen LogP contribution in [0.2, 0.25) is 20.1 Å². The molecule has 0 spiro atoms. The number of halogens is 6. The molecule has 0 amide bonds. The third kappa shape index (κ3) is 15.6. The van der Waals surface area contributed by atoms with Crippen molar-refractivity contribution in [2.24, 2.45) is 0 Å². The van der Waals surface area contributed by atoms with Gasteiger partial charge < -0.3 is 0 Å². The lowest BCUT2D eigenvalue weighted by Crippen LogP contribution is -2.68. The van der Waals surface area contributed by atoms with Crippen LogP contribution in [0, 0.1) is 20.5 Å². The largest absolute Gasteiger partial charge is 0.222 e. The van der Waals surface area contributed by atoms with Gasteiger partial charge in [0.15, 0.2) is 24.8 Å². The Morgan fingerprint density at radius 3 is 0.711 bits per heavy atom. The van der Waals surface area contributed by atoms with Gasteiger partial charge in [0.2, 0.25) is 13.1 Å². The van der Waals surface area contributed by atoms with Gasteiger partial charge in [0.25, 0.3) is 0 Å². The Balaban J connectivity index is 0.000000702. The summed E-state index contributed by atoms with van der Waals surface area (Å²) in [6.07, 6.45) is 8.71. The average molecular weight is 1130 g/mol. The third-order valence-corrected chi connectivity index (χ3v) is 13.1. The van der Waals surface area contributed by atoms with Crippen molar-refractivity contribution < 1.29 is 66.9 Å². The van der Waals surface area contributed by atoms with E-state index in [0.29, 0.717) is 20.1 Å². The van der Waals surface area contributed by atoms with E-state index in [2.05, 4.69) is 192 Å². The molecule has 16 heteroatoms. The fourth-order valence-electron chi connectivity index (χ4n) is 8.71. The van der Waals surface area contributed by atoms with E-state index >= 15 is 0 Å². The van der Waals surface area contributed by atoms with Crippen LogP contribution in [-0.4, -0.2) is 0 Å². The van der Waals surface area contributed by atoms with Crippen LogP contribution >= 0.6 is 46.4 Å². The molecule has 0 aliphatic rings. The van der Waals surface area contributed by atoms with Crippen LogP contribution in [-0.2, 0) is 13.1 Å². The topological polar surface area (TPSA) is 192 Å². The number of aromatic nitrogens is 2. The van der Waals surface area contributed by atoms with Gasteiger partial charge in [0, 0.05) is 44.4 Å². The van der Waals surface area contributed by atoms with Crippen molar-refractivity contribution in [3.63, 3.8) is 0 Å². The van der Waals surface area contributed by atoms with E-state index in [1.165, 1.54) is 0 Å². The lowest BCUT2D eigenvalue weighted by Gasteiger charge is -2.19. The Bertz CT molecular complexity index is 3130. The van der Waals surface area contributed by atoms with E-state index in [1.807, 2.05) is 48.5 Å². The molecule has 0 fully saturated rings. The summed E-state index contributed by atoms with van der Waals surface area (Å²) in [5.74, 6) is 0. The Morgan fingerprint density at radius 1 is 0.263 bits per heavy atom. The third-order valence-electron chi connectivity index (χ3n) is 12.1. The molecule has 0 aliphatic heterocycles. The molecule has 382 valence electrons. The highest BCUT2D eigenvalue weighted by Crippen LogP contribution is 2.45. The normalized spacial score (nSPS) is 11.3. The molecule has 10 aromatic rings. The zero-order valence-corrected chi connectivity index (χ0v) is 44.3. The van der Waals surface area contributed by atoms with Gasteiger partial charge in [-0.15, -0.1) is 20.5 Å². The maximum Gasteiger partial charge on any atom is 0.206 e. The molecule has 10 nitrogen and oxygen atoms in total. The van der Waals surface area contributed by atoms with E-state index in [1.54, 1.807) is 0 Å². The van der Waals surface area contributed by atoms with Crippen LogP contribution in [0.15, 0.2) is 231 Å². The van der Waals surface area contributed by atoms with Crippen LogP contribution < -0.4 is 46.4 Å². The number of pyridine rings is 2. The van der Waals surface area contributed by atoms with Crippen molar-refractivity contribution in [1.29, 1.82) is 0 Å². The summed E-state index contributed by atoms with van der Waals surface area (Å²) in [5.41, 5.74) is 17.9. The van der Waals surface area contributed by atoms with Crippen molar-refractivity contribution >= 4 is 46.4 Å². The van der Waals surface area contributed by atoms with E-state index < -0.39 is 20.5 Å². The molecular formula is C60H42Cl6N2O8. The molecule has 2 heterocycles. The van der Waals surface area contributed by atoms with Gasteiger partial charge >= 0.3 is 0 Å². The van der Waals surface area contributed by atoms with Crippen LogP contribution in [0.3, 0.4) is 0 Å². The Morgan fingerprint density at radius 2 is 0.487 bits per heavy atom. The summed E-state index contributed by atoms with van der Waals surface area (Å²) in [7, 11) is -9.89. The first-order valence-electron chi connectivity index (χ1n) is 23.1. The van der Waals surface area contributed by atoms with E-state index in [9.17, 15) is 0 Å². The lowest BCUT2D eigenvalue weighted by molar-refractivity contribution is -2.00. The minimum Gasteiger partial charge on any atom is -0.222 e. The van der Waals surface area contributed by atoms with E-state index in [4.69, 9.17) is 83.7 Å². The van der Waals surface area contributed by atoms with Gasteiger partial charge in [-0.3, -0.25) is 0 Å². The first-order valence-corrected chi connectivity index (χ1v) is 27.0. The zero-order valence-electron chi connectivity index (χ0n) is 39.8. The summed E-state index contributed by atoms with van der Waals surface area (Å²) in [5, 5.41) is 2.81. The molecule has 2 aromatic heterocycles. The first kappa shape index (κ1) is 55.7. The molecule has 10 rings (SSSR count). The molecule has 0 radical (unpaired) electrons. The summed E-state index contributed by atoms with van der Waals surface area (Å²) in [6, 6.07) is 71.6. The van der Waals surface area contributed by atoms with Crippen LogP contribution in [0.5, 0.6) is 0 Å². The second kappa shape index (κ2) is 25.1. The predicted molar refractivity (Wildman–Crippen MR) is 277 cm³/mol. The maximum absolute atomic E-state index is 8.49. The van der Waals surface area contributed by atoms with E-state index in [0.717, 1.165) is 102 Å². The molecule has 0 atom stereocenters. The summed E-state index contributed by atoms with van der Waals surface area (Å²) in [6.45, 7) is 1.56. The van der Waals surface area contributed by atoms with Crippen molar-refractivity contribution in [2.75, 3.05) is 0 Å². The molecule has 0 aliphatic carbocycles. The number of nitrogens with zero attached hydrogens (tertiary/aromatic N) is 2. The first-order chi connectivity index (χ1) is 36.3. The maximum atomic E-state index is 8.49. The van der Waals surface area contributed by atoms with Gasteiger partial charge in [0.05, 0.1) is 0 Å². The molecular weight excluding hydrogens is 1090 g/mol. The van der Waals surface area contributed by atoms with Crippen molar-refractivity contribution in [1.82, 2.24) is 0 Å². The molecule has 0 unspecified atom stereocenters. The minimum absolute atomic E-state index is 0.702. The Kier molecular flexibility index (Phi) is 18.4. The number of rotatable bonds is 11. The fourth-order valence-corrected chi connectivity index (χ4v) is 9.21. The fraction of sp³-hybridized carbons (Fsp3) is 0.0333. The summed E-state index contributed by atoms with van der Waals surface area (Å²) in [4.78, 5) is 0. The Hall–Kier alpha value is -6.52. The number of hydrogen-bond acceptors (Lipinski definition) is 8. The van der Waals surface area contributed by atoms with Gasteiger partial charge in [0.1, 0.15) is 0 Å². The average Bonchev–Trinajstić information content (AvgIpc) is 3.41. The van der Waals surface area contributed by atoms with Crippen LogP contribution in [0.4, 0.5) is 0 Å². The monoisotopic (exact) mass is 1130 g/mol. The highest BCUT2D eigenvalue weighted by molar-refractivity contribution is 6.31. The second-order valence-corrected chi connectivity index (χ2v) is 20.3. The molecule has 0 N–H and O–H groups in total. The van der Waals surface area contributed by atoms with Crippen LogP contribution in [0.1, 0.15) is 0 Å². The van der Waals surface area contributed by atoms with Gasteiger partial charge in [-0.05, 0) is 162 Å². The van der Waals surface area contributed by atoms with Crippen molar-refractivity contribution in [2.45, 2.75) is 13.1 Å². The number of hydrogen-bond donors (Lipinski definition) is 0. The summed E-state index contributed by atoms with van der Waals surface area (Å²) >= 11 is 25.7. The highest BCUT2D eigenvalue weighted by Gasteiger charge is 2.21. The number of aryl methyl sites for hydroxylation is 2. The summed E-state index contributed by atoms with van der Waals surface area (Å²) < 4.78 is 72.4. The standard InChI is InChI=1S/C60H42Cl4N2.2ClHO4/c61-51-19-11-43(12-20-51)55-37-49(41-7-3-1-4-8-41)38-56(44-13-21-52(62)22-14-44)59(55)47-27-31-65(32-28-47)35-36-66-33-29-48(30-34-66)60-57(45-15-23-53(63)24-16-45)39-50(42-9-5-2-6-10-42)40-58(60)46-17-25-54(64)26-18-46;2*2-1(3,4)5/h1-34,37-40H,35-36H2;2*(H,2,3,4,5)/q+2;;/p-2. The molecule has 0 saturated heterocycles. The van der Waals surface area contributed by atoms with Gasteiger partial charge in [-0.25, -0.2) is 37.3 Å². The highest BCUT2D eigenvalue weighted by atomic mass is 35.7. The van der Waals surface area contributed by atoms with Gasteiger partial charge in [-0.2, -0.15) is 9.13 Å². The minimum atomic E-state index is -4.94. The quantitative estimate of drug-likeness (QED) is 0.120. The molecule has 8 aromatic carbocycles. The predicted octanol–water partition coefficient (Wildman–Crippen LogP) is 7.40. The molecule has 76 heavy (non-hydrogen) atoms. The second-order valence-electron chi connectivity index (χ2n) is 17.1. The molecule has 0 saturated carbocycles. The smallest absolute Gasteiger partial charge is 0.206 e. The lowest BCUT2D eigenvalue weighted by atomic mass is 9.85. The SMILES string of the molecule is Clc1ccc(-c2cc(-c3ccccc3)cc(-c3ccc(Cl)cc3)c2-c2cc[n+](CC[n+]3ccc(-c4c(-c5ccc(Cl)cc5)cc(-c5ccccc5)cc4-c4ccc(Cl)cc4)cc3)cc2)cc1.[O-][Cl+3]([O-])([O-])[O-].[O-][Cl+3]([O-])([O-])[O-]. The van der Waals surface area contributed by atoms with E-state index in [-0.39, 0.29) is 0 Å².